The highest BCUT2D eigenvalue weighted by atomic mass is 32.2. The topological polar surface area (TPSA) is 105 Å². The molecule has 0 amide bonds. The molecule has 0 saturated carbocycles. The molecule has 1 heterocycles. The first kappa shape index (κ1) is 17.2. The zero-order valence-corrected chi connectivity index (χ0v) is 14.1. The summed E-state index contributed by atoms with van der Waals surface area (Å²) in [6.07, 6.45) is 1.80. The lowest BCUT2D eigenvalue weighted by atomic mass is 10.2. The van der Waals surface area contributed by atoms with Crippen LogP contribution in [0.15, 0.2) is 35.5 Å². The molecule has 2 rings (SSSR count). The van der Waals surface area contributed by atoms with Crippen LogP contribution in [0.4, 0.5) is 0 Å². The van der Waals surface area contributed by atoms with E-state index in [1.54, 1.807) is 30.5 Å². The molecule has 120 valence electrons. The first-order valence-corrected chi connectivity index (χ1v) is 9.34. The van der Waals surface area contributed by atoms with Gasteiger partial charge in [-0.1, -0.05) is 23.9 Å². The Balaban J connectivity index is 2.17. The van der Waals surface area contributed by atoms with Gasteiger partial charge in [0.25, 0.3) is 0 Å². The fourth-order valence-corrected chi connectivity index (χ4v) is 2.82. The van der Waals surface area contributed by atoms with Crippen LogP contribution in [0.2, 0.25) is 0 Å². The third-order valence-corrected chi connectivity index (χ3v) is 4.68. The van der Waals surface area contributed by atoms with Gasteiger partial charge >= 0.3 is 0 Å². The Bertz CT molecular complexity index is 830. The summed E-state index contributed by atoms with van der Waals surface area (Å²) in [6, 6.07) is 10.0. The standard InChI is InChI=1S/C14H14N4O3S2/c1-16-23(19,20)9-10-3-5-12(6-4-10)21-13-7-11(8-15)17-14(18-13)22-2/h3-7,16H,9H2,1-2H3. The summed E-state index contributed by atoms with van der Waals surface area (Å²) < 4.78 is 30.8. The van der Waals surface area contributed by atoms with E-state index in [1.807, 2.05) is 6.07 Å². The maximum atomic E-state index is 11.5. The molecule has 2 aromatic rings. The molecule has 0 fully saturated rings. The van der Waals surface area contributed by atoms with Crippen LogP contribution < -0.4 is 9.46 Å². The van der Waals surface area contributed by atoms with Gasteiger partial charge in [0, 0.05) is 6.07 Å². The Kier molecular flexibility index (Phi) is 5.54. The van der Waals surface area contributed by atoms with Gasteiger partial charge in [-0.2, -0.15) is 10.2 Å². The minimum atomic E-state index is -3.31. The van der Waals surface area contributed by atoms with E-state index in [4.69, 9.17) is 10.00 Å². The number of ether oxygens (including phenoxy) is 1. The van der Waals surface area contributed by atoms with Crippen molar-refractivity contribution in [1.82, 2.24) is 14.7 Å². The zero-order valence-electron chi connectivity index (χ0n) is 12.5. The van der Waals surface area contributed by atoms with Crippen LogP contribution in [0.1, 0.15) is 11.3 Å². The zero-order chi connectivity index (χ0) is 16.9. The second-order valence-corrected chi connectivity index (χ2v) is 7.10. The van der Waals surface area contributed by atoms with Crippen molar-refractivity contribution in [2.75, 3.05) is 13.3 Å². The SMILES string of the molecule is CNS(=O)(=O)Cc1ccc(Oc2cc(C#N)nc(SC)n2)cc1. The number of hydrogen-bond acceptors (Lipinski definition) is 7. The molecule has 7 nitrogen and oxygen atoms in total. The van der Waals surface area contributed by atoms with Gasteiger partial charge in [0.05, 0.1) is 5.75 Å². The van der Waals surface area contributed by atoms with E-state index < -0.39 is 10.0 Å². The monoisotopic (exact) mass is 350 g/mol. The number of aromatic nitrogens is 2. The van der Waals surface area contributed by atoms with Crippen molar-refractivity contribution in [3.63, 3.8) is 0 Å². The number of benzene rings is 1. The van der Waals surface area contributed by atoms with Gasteiger partial charge in [0.15, 0.2) is 5.16 Å². The fraction of sp³-hybridized carbons (Fsp3) is 0.214. The van der Waals surface area contributed by atoms with Gasteiger partial charge in [-0.05, 0) is 31.0 Å². The minimum absolute atomic E-state index is 0.105. The molecule has 1 aromatic carbocycles. The van der Waals surface area contributed by atoms with Crippen molar-refractivity contribution in [3.8, 4) is 17.7 Å². The highest BCUT2D eigenvalue weighted by Gasteiger charge is 2.09. The predicted octanol–water partition coefficient (Wildman–Crippen LogP) is 1.91. The molecule has 0 aliphatic rings. The summed E-state index contributed by atoms with van der Waals surface area (Å²) in [5.41, 5.74) is 0.855. The fourth-order valence-electron chi connectivity index (χ4n) is 1.67. The molecule has 0 unspecified atom stereocenters. The van der Waals surface area contributed by atoms with Crippen LogP contribution in [-0.2, 0) is 15.8 Å². The predicted molar refractivity (Wildman–Crippen MR) is 86.7 cm³/mol. The van der Waals surface area contributed by atoms with E-state index in [0.717, 1.165) is 0 Å². The van der Waals surface area contributed by atoms with Crippen molar-refractivity contribution in [2.45, 2.75) is 10.9 Å². The molecule has 1 N–H and O–H groups in total. The summed E-state index contributed by atoms with van der Waals surface area (Å²) in [6.45, 7) is 0. The summed E-state index contributed by atoms with van der Waals surface area (Å²) in [7, 11) is -1.94. The number of nitriles is 1. The molecule has 1 aromatic heterocycles. The first-order chi connectivity index (χ1) is 11.0. The molecule has 0 radical (unpaired) electrons. The van der Waals surface area contributed by atoms with Crippen LogP contribution >= 0.6 is 11.8 Å². The highest BCUT2D eigenvalue weighted by molar-refractivity contribution is 7.98. The molecule has 0 bridgehead atoms. The second-order valence-electron chi connectivity index (χ2n) is 4.40. The molecule has 0 atom stereocenters. The Morgan fingerprint density at radius 2 is 2.00 bits per heavy atom. The van der Waals surface area contributed by atoms with E-state index in [9.17, 15) is 8.42 Å². The van der Waals surface area contributed by atoms with Crippen LogP contribution in [0.5, 0.6) is 11.6 Å². The van der Waals surface area contributed by atoms with Crippen molar-refractivity contribution in [3.05, 3.63) is 41.6 Å². The number of nitrogens with one attached hydrogen (secondary N) is 1. The third kappa shape index (κ3) is 4.92. The van der Waals surface area contributed by atoms with Crippen molar-refractivity contribution < 1.29 is 13.2 Å². The molecular formula is C14H14N4O3S2. The average molecular weight is 350 g/mol. The van der Waals surface area contributed by atoms with Gasteiger partial charge in [-0.25, -0.2) is 18.1 Å². The smallest absolute Gasteiger partial charge is 0.224 e. The normalized spacial score (nSPS) is 11.0. The highest BCUT2D eigenvalue weighted by Crippen LogP contribution is 2.23. The van der Waals surface area contributed by atoms with Crippen LogP contribution in [0.3, 0.4) is 0 Å². The number of rotatable bonds is 6. The summed E-state index contributed by atoms with van der Waals surface area (Å²) in [5, 5.41) is 9.39. The molecule has 9 heteroatoms. The molecule has 0 saturated heterocycles. The summed E-state index contributed by atoms with van der Waals surface area (Å²) in [5.74, 6) is 0.647. The lowest BCUT2D eigenvalue weighted by molar-refractivity contribution is 0.455. The van der Waals surface area contributed by atoms with Gasteiger partial charge in [-0.3, -0.25) is 0 Å². The lowest BCUT2D eigenvalue weighted by Gasteiger charge is -2.07. The van der Waals surface area contributed by atoms with Crippen LogP contribution in [0, 0.1) is 11.3 Å². The maximum Gasteiger partial charge on any atom is 0.224 e. The van der Waals surface area contributed by atoms with Gasteiger partial charge in [0.2, 0.25) is 15.9 Å². The third-order valence-electron chi connectivity index (χ3n) is 2.79. The van der Waals surface area contributed by atoms with Crippen LogP contribution in [0.25, 0.3) is 0 Å². The van der Waals surface area contributed by atoms with E-state index in [1.165, 1.54) is 24.9 Å². The number of sulfonamides is 1. The number of hydrogen-bond donors (Lipinski definition) is 1. The summed E-state index contributed by atoms with van der Waals surface area (Å²) in [4.78, 5) is 8.18. The Morgan fingerprint density at radius 1 is 1.30 bits per heavy atom. The molecular weight excluding hydrogens is 336 g/mol. The molecule has 0 spiro atoms. The Hall–Kier alpha value is -2.15. The Labute approximate surface area is 138 Å². The van der Waals surface area contributed by atoms with Gasteiger partial charge in [-0.15, -0.1) is 0 Å². The quantitative estimate of drug-likeness (QED) is 0.626. The largest absolute Gasteiger partial charge is 0.439 e. The van der Waals surface area contributed by atoms with E-state index in [2.05, 4.69) is 14.7 Å². The van der Waals surface area contributed by atoms with Gasteiger partial charge < -0.3 is 4.74 Å². The van der Waals surface area contributed by atoms with Crippen LogP contribution in [-0.4, -0.2) is 31.7 Å². The Morgan fingerprint density at radius 3 is 2.57 bits per heavy atom. The van der Waals surface area contributed by atoms with Crippen molar-refractivity contribution in [1.29, 1.82) is 5.26 Å². The van der Waals surface area contributed by atoms with Gasteiger partial charge in [0.1, 0.15) is 17.5 Å². The number of thioether (sulfide) groups is 1. The first-order valence-electron chi connectivity index (χ1n) is 6.47. The lowest BCUT2D eigenvalue weighted by Crippen LogP contribution is -2.20. The number of nitrogens with zero attached hydrogens (tertiary/aromatic N) is 3. The summed E-state index contributed by atoms with van der Waals surface area (Å²) >= 11 is 1.31. The molecule has 23 heavy (non-hydrogen) atoms. The second kappa shape index (κ2) is 7.41. The minimum Gasteiger partial charge on any atom is -0.439 e. The van der Waals surface area contributed by atoms with Crippen molar-refractivity contribution >= 4 is 21.8 Å². The maximum absolute atomic E-state index is 11.5. The van der Waals surface area contributed by atoms with E-state index >= 15 is 0 Å². The van der Waals surface area contributed by atoms with Crippen molar-refractivity contribution in [2.24, 2.45) is 0 Å². The van der Waals surface area contributed by atoms with E-state index in [-0.39, 0.29) is 17.3 Å². The van der Waals surface area contributed by atoms with E-state index in [0.29, 0.717) is 16.5 Å². The molecule has 0 aliphatic heterocycles. The average Bonchev–Trinajstić information content (AvgIpc) is 2.56. The molecule has 0 aliphatic carbocycles.